The average Bonchev–Trinajstić information content (AvgIpc) is 4.04. The van der Waals surface area contributed by atoms with Gasteiger partial charge in [-0.05, 0) is 121 Å². The van der Waals surface area contributed by atoms with E-state index in [0.29, 0.717) is 12.1 Å². The minimum atomic E-state index is 0.273. The summed E-state index contributed by atoms with van der Waals surface area (Å²) in [6.45, 7) is 9.31. The molecule has 70 heavy (non-hydrogen) atoms. The molecular formula is C57H63N5O4S4. The van der Waals surface area contributed by atoms with Crippen LogP contribution in [0, 0.1) is 0 Å². The van der Waals surface area contributed by atoms with Crippen LogP contribution in [-0.2, 0) is 0 Å². The molecule has 0 saturated carbocycles. The Morgan fingerprint density at radius 1 is 0.486 bits per heavy atom. The SMILES string of the molecule is COc1cccc([C@@H](C)NCCSc2ccc3ccccc3c2)c1.COc1cccc([C@@H](C)NCCSc2nc3ccccc3o2)c1.COc1cccc([C@@H](C)NCCSc2nc3ccccc3s2)c1. The highest BCUT2D eigenvalue weighted by atomic mass is 32.2. The van der Waals surface area contributed by atoms with E-state index in [1.807, 2.05) is 90.3 Å². The Labute approximate surface area is 429 Å². The van der Waals surface area contributed by atoms with Crippen molar-refractivity contribution in [3.8, 4) is 17.2 Å². The molecule has 0 aliphatic heterocycles. The van der Waals surface area contributed by atoms with Gasteiger partial charge >= 0.3 is 0 Å². The van der Waals surface area contributed by atoms with E-state index < -0.39 is 0 Å². The lowest BCUT2D eigenvalue weighted by molar-refractivity contribution is 0.413. The Balaban J connectivity index is 0.000000155. The molecule has 0 radical (unpaired) electrons. The number of fused-ring (bicyclic) bond motifs is 3. The second-order valence-corrected chi connectivity index (χ2v) is 20.9. The smallest absolute Gasteiger partial charge is 0.256 e. The van der Waals surface area contributed by atoms with Gasteiger partial charge in [-0.1, -0.05) is 115 Å². The van der Waals surface area contributed by atoms with E-state index >= 15 is 0 Å². The van der Waals surface area contributed by atoms with Crippen molar-refractivity contribution < 1.29 is 18.6 Å². The van der Waals surface area contributed by atoms with E-state index in [0.717, 1.165) is 80.3 Å². The summed E-state index contributed by atoms with van der Waals surface area (Å²) in [6, 6.07) is 56.8. The van der Waals surface area contributed by atoms with E-state index in [1.165, 1.54) is 37.1 Å². The lowest BCUT2D eigenvalue weighted by Gasteiger charge is -2.15. The van der Waals surface area contributed by atoms with Gasteiger partial charge in [-0.15, -0.1) is 23.1 Å². The van der Waals surface area contributed by atoms with Gasteiger partial charge in [0, 0.05) is 59.9 Å². The third-order valence-corrected chi connectivity index (χ3v) is 15.4. The first kappa shape index (κ1) is 52.3. The zero-order chi connectivity index (χ0) is 48.9. The number of ether oxygens (including phenoxy) is 3. The van der Waals surface area contributed by atoms with Crippen molar-refractivity contribution in [2.24, 2.45) is 0 Å². The number of benzene rings is 7. The largest absolute Gasteiger partial charge is 0.497 e. The summed E-state index contributed by atoms with van der Waals surface area (Å²) >= 11 is 7.10. The highest BCUT2D eigenvalue weighted by Crippen LogP contribution is 2.30. The zero-order valence-electron chi connectivity index (χ0n) is 40.7. The molecule has 0 saturated heterocycles. The second-order valence-electron chi connectivity index (χ2n) is 16.3. The summed E-state index contributed by atoms with van der Waals surface area (Å²) in [5, 5.41) is 14.0. The zero-order valence-corrected chi connectivity index (χ0v) is 44.0. The van der Waals surface area contributed by atoms with Gasteiger partial charge in [0.25, 0.3) is 5.22 Å². The van der Waals surface area contributed by atoms with Crippen LogP contribution in [-0.4, -0.2) is 68.2 Å². The molecule has 9 nitrogen and oxygen atoms in total. The fraction of sp³-hybridized carbons (Fsp3) is 0.263. The van der Waals surface area contributed by atoms with Gasteiger partial charge in [-0.3, -0.25) is 0 Å². The fourth-order valence-corrected chi connectivity index (χ4v) is 11.0. The number of thioether (sulfide) groups is 3. The van der Waals surface area contributed by atoms with Crippen LogP contribution in [0.5, 0.6) is 17.2 Å². The number of para-hydroxylation sites is 3. The Morgan fingerprint density at radius 3 is 1.54 bits per heavy atom. The van der Waals surface area contributed by atoms with Crippen molar-refractivity contribution in [3.63, 3.8) is 0 Å². The Bertz CT molecular complexity index is 2780. The Hall–Kier alpha value is -5.51. The minimum Gasteiger partial charge on any atom is -0.497 e. The Kier molecular flexibility index (Phi) is 20.8. The molecule has 3 atom stereocenters. The van der Waals surface area contributed by atoms with Gasteiger partial charge < -0.3 is 34.6 Å². The van der Waals surface area contributed by atoms with Crippen molar-refractivity contribution in [1.82, 2.24) is 25.9 Å². The van der Waals surface area contributed by atoms with Crippen molar-refractivity contribution in [1.29, 1.82) is 0 Å². The van der Waals surface area contributed by atoms with Gasteiger partial charge in [0.15, 0.2) is 9.92 Å². The molecule has 2 heterocycles. The van der Waals surface area contributed by atoms with Gasteiger partial charge in [0.05, 0.1) is 31.5 Å². The molecule has 0 aliphatic carbocycles. The van der Waals surface area contributed by atoms with Crippen molar-refractivity contribution in [2.75, 3.05) is 58.2 Å². The van der Waals surface area contributed by atoms with Crippen LogP contribution < -0.4 is 30.2 Å². The first-order chi connectivity index (χ1) is 34.3. The summed E-state index contributed by atoms with van der Waals surface area (Å²) in [4.78, 5) is 10.4. The van der Waals surface area contributed by atoms with Crippen LogP contribution in [0.3, 0.4) is 0 Å². The predicted octanol–water partition coefficient (Wildman–Crippen LogP) is 14.3. The minimum absolute atomic E-state index is 0.273. The predicted molar refractivity (Wildman–Crippen MR) is 298 cm³/mol. The van der Waals surface area contributed by atoms with Crippen LogP contribution in [0.1, 0.15) is 55.6 Å². The molecule has 13 heteroatoms. The third-order valence-electron chi connectivity index (χ3n) is 11.4. The van der Waals surface area contributed by atoms with Gasteiger partial charge in [0.1, 0.15) is 22.8 Å². The Morgan fingerprint density at radius 2 is 0.986 bits per heavy atom. The maximum Gasteiger partial charge on any atom is 0.256 e. The van der Waals surface area contributed by atoms with E-state index in [9.17, 15) is 0 Å². The van der Waals surface area contributed by atoms with Crippen LogP contribution in [0.15, 0.2) is 183 Å². The van der Waals surface area contributed by atoms with E-state index in [2.05, 4.69) is 144 Å². The molecule has 0 unspecified atom stereocenters. The number of hydrogen-bond donors (Lipinski definition) is 3. The normalized spacial score (nSPS) is 12.4. The average molecular weight is 1010 g/mol. The number of nitrogens with zero attached hydrogens (tertiary/aromatic N) is 2. The number of thiazole rings is 1. The molecule has 364 valence electrons. The molecule has 9 aromatic rings. The molecule has 0 bridgehead atoms. The topological polar surface area (TPSA) is 103 Å². The van der Waals surface area contributed by atoms with Crippen LogP contribution >= 0.6 is 46.6 Å². The first-order valence-corrected chi connectivity index (χ1v) is 27.3. The number of methoxy groups -OCH3 is 3. The molecule has 7 aromatic carbocycles. The van der Waals surface area contributed by atoms with Crippen LogP contribution in [0.2, 0.25) is 0 Å². The fourth-order valence-electron chi connectivity index (χ4n) is 7.44. The number of hydrogen-bond acceptors (Lipinski definition) is 13. The van der Waals surface area contributed by atoms with Gasteiger partial charge in [-0.25, -0.2) is 9.97 Å². The molecule has 3 N–H and O–H groups in total. The number of aromatic nitrogens is 2. The van der Waals surface area contributed by atoms with Gasteiger partial charge in [-0.2, -0.15) is 0 Å². The van der Waals surface area contributed by atoms with Crippen molar-refractivity contribution in [2.45, 2.75) is 53.4 Å². The molecule has 0 fully saturated rings. The highest BCUT2D eigenvalue weighted by Gasteiger charge is 2.10. The molecule has 2 aromatic heterocycles. The molecular weight excluding hydrogens is 947 g/mol. The number of rotatable bonds is 21. The van der Waals surface area contributed by atoms with E-state index in [-0.39, 0.29) is 6.04 Å². The third kappa shape index (κ3) is 16.0. The quantitative estimate of drug-likeness (QED) is 0.0472. The monoisotopic (exact) mass is 1010 g/mol. The van der Waals surface area contributed by atoms with Crippen LogP contribution in [0.4, 0.5) is 0 Å². The summed E-state index contributed by atoms with van der Waals surface area (Å²) in [5.74, 6) is 5.66. The molecule has 0 amide bonds. The van der Waals surface area contributed by atoms with Crippen molar-refractivity contribution in [3.05, 3.63) is 180 Å². The summed E-state index contributed by atoms with van der Waals surface area (Å²) < 4.78 is 23.9. The van der Waals surface area contributed by atoms with Crippen molar-refractivity contribution >= 4 is 78.7 Å². The summed E-state index contributed by atoms with van der Waals surface area (Å²) in [6.07, 6.45) is 0. The first-order valence-electron chi connectivity index (χ1n) is 23.5. The lowest BCUT2D eigenvalue weighted by Crippen LogP contribution is -2.21. The second kappa shape index (κ2) is 27.8. The maximum absolute atomic E-state index is 5.70. The maximum atomic E-state index is 5.70. The van der Waals surface area contributed by atoms with Crippen LogP contribution in [0.25, 0.3) is 32.1 Å². The van der Waals surface area contributed by atoms with E-state index in [4.69, 9.17) is 18.6 Å². The summed E-state index contributed by atoms with van der Waals surface area (Å²) in [5.41, 5.74) is 6.56. The van der Waals surface area contributed by atoms with E-state index in [1.54, 1.807) is 44.4 Å². The highest BCUT2D eigenvalue weighted by molar-refractivity contribution is 8.01. The summed E-state index contributed by atoms with van der Waals surface area (Å²) in [7, 11) is 5.09. The number of oxazole rings is 1. The molecule has 0 spiro atoms. The molecule has 9 rings (SSSR count). The lowest BCUT2D eigenvalue weighted by atomic mass is 10.1. The number of nitrogens with one attached hydrogen (secondary N) is 3. The standard InChI is InChI=1S/C21H23NOS.C18H20N2O2S.C18H20N2OS2/c1-16(18-8-5-9-20(14-18)23-2)22-12-13-24-21-11-10-17-6-3-4-7-19(17)15-21;1-13(14-6-5-7-15(12-14)21-2)19-10-11-23-18-20-16-8-3-4-9-17(16)22-18;1-13(14-6-5-7-15(12-14)21-2)19-10-11-22-18-20-16-8-3-4-9-17(16)23-18/h3-11,14-16,22H,12-13H2,1-2H3;2*3-9,12-13,19H,10-11H2,1-2H3/t16-;2*13-/m111/s1. The molecule has 0 aliphatic rings. The van der Waals surface area contributed by atoms with Gasteiger partial charge in [0.2, 0.25) is 0 Å².